The van der Waals surface area contributed by atoms with Gasteiger partial charge in [0.05, 0.1) is 12.0 Å². The van der Waals surface area contributed by atoms with Gasteiger partial charge in [-0.2, -0.15) is 0 Å². The Morgan fingerprint density at radius 1 is 0.905 bits per heavy atom. The van der Waals surface area contributed by atoms with Crippen molar-refractivity contribution in [3.63, 3.8) is 0 Å². The standard InChI is InChI=1S/C17H18N3P/c1-2-15-13-20(19-18-15)14-21(16-9-5-3-6-10-16)17-11-7-4-8-12-17/h3-13H,2,14H2,1H3. The maximum atomic E-state index is 4.26. The SMILES string of the molecule is CCc1cn(CP(c2ccccc2)c2ccccc2)nn1. The molecule has 1 aromatic heterocycles. The van der Waals surface area contributed by atoms with E-state index < -0.39 is 7.92 Å². The molecule has 0 N–H and O–H groups in total. The van der Waals surface area contributed by atoms with Gasteiger partial charge in [-0.3, -0.25) is 0 Å². The summed E-state index contributed by atoms with van der Waals surface area (Å²) in [6, 6.07) is 21.4. The van der Waals surface area contributed by atoms with Gasteiger partial charge in [-0.05, 0) is 25.0 Å². The number of aromatic nitrogens is 3. The van der Waals surface area contributed by atoms with Crippen molar-refractivity contribution in [1.29, 1.82) is 0 Å². The first-order valence-corrected chi connectivity index (χ1v) is 8.66. The molecule has 2 aromatic carbocycles. The molecule has 0 saturated heterocycles. The van der Waals surface area contributed by atoms with Crippen LogP contribution in [-0.2, 0) is 12.7 Å². The monoisotopic (exact) mass is 295 g/mol. The summed E-state index contributed by atoms with van der Waals surface area (Å²) in [6.07, 6.45) is 3.85. The van der Waals surface area contributed by atoms with E-state index in [0.717, 1.165) is 18.4 Å². The van der Waals surface area contributed by atoms with Gasteiger partial charge in [0, 0.05) is 6.20 Å². The largest absolute Gasteiger partial charge is 0.247 e. The van der Waals surface area contributed by atoms with Crippen LogP contribution in [0.1, 0.15) is 12.6 Å². The fraction of sp³-hybridized carbons (Fsp3) is 0.176. The van der Waals surface area contributed by atoms with Gasteiger partial charge < -0.3 is 0 Å². The van der Waals surface area contributed by atoms with E-state index in [1.54, 1.807) is 0 Å². The summed E-state index contributed by atoms with van der Waals surface area (Å²) < 4.78 is 1.98. The Morgan fingerprint density at radius 2 is 1.48 bits per heavy atom. The Balaban J connectivity index is 1.93. The minimum absolute atomic E-state index is 0.458. The van der Waals surface area contributed by atoms with Crippen LogP contribution in [0.5, 0.6) is 0 Å². The quantitative estimate of drug-likeness (QED) is 0.678. The Labute approximate surface area is 126 Å². The second-order valence-corrected chi connectivity index (χ2v) is 7.02. The zero-order valence-corrected chi connectivity index (χ0v) is 12.9. The van der Waals surface area contributed by atoms with E-state index in [9.17, 15) is 0 Å². The van der Waals surface area contributed by atoms with Crippen molar-refractivity contribution < 1.29 is 0 Å². The van der Waals surface area contributed by atoms with Crippen LogP contribution in [0.15, 0.2) is 66.9 Å². The van der Waals surface area contributed by atoms with Gasteiger partial charge in [0.1, 0.15) is 0 Å². The highest BCUT2D eigenvalue weighted by Crippen LogP contribution is 2.35. The molecule has 0 fully saturated rings. The second-order valence-electron chi connectivity index (χ2n) is 4.84. The molecular weight excluding hydrogens is 277 g/mol. The third-order valence-corrected chi connectivity index (χ3v) is 5.79. The lowest BCUT2D eigenvalue weighted by Gasteiger charge is -2.18. The highest BCUT2D eigenvalue weighted by atomic mass is 31.1. The molecule has 1 heterocycles. The van der Waals surface area contributed by atoms with Gasteiger partial charge in [0.15, 0.2) is 0 Å². The van der Waals surface area contributed by atoms with Crippen LogP contribution in [0.25, 0.3) is 0 Å². The molecule has 0 saturated carbocycles. The predicted molar refractivity (Wildman–Crippen MR) is 88.5 cm³/mol. The topological polar surface area (TPSA) is 30.7 Å². The zero-order valence-electron chi connectivity index (χ0n) is 12.1. The van der Waals surface area contributed by atoms with E-state index in [2.05, 4.69) is 84.1 Å². The molecule has 0 radical (unpaired) electrons. The average Bonchev–Trinajstić information content (AvgIpc) is 3.02. The van der Waals surface area contributed by atoms with E-state index in [4.69, 9.17) is 0 Å². The molecule has 4 heteroatoms. The van der Waals surface area contributed by atoms with Gasteiger partial charge in [-0.25, -0.2) is 4.68 Å². The molecule has 0 unspecified atom stereocenters. The van der Waals surface area contributed by atoms with Gasteiger partial charge in [0.2, 0.25) is 0 Å². The lowest BCUT2D eigenvalue weighted by molar-refractivity contribution is 0.697. The van der Waals surface area contributed by atoms with Crippen LogP contribution in [0.3, 0.4) is 0 Å². The Morgan fingerprint density at radius 3 is 1.95 bits per heavy atom. The fourth-order valence-electron chi connectivity index (χ4n) is 2.24. The average molecular weight is 295 g/mol. The molecule has 0 spiro atoms. The van der Waals surface area contributed by atoms with E-state index in [-0.39, 0.29) is 0 Å². The molecule has 0 bridgehead atoms. The first kappa shape index (κ1) is 14.0. The van der Waals surface area contributed by atoms with Crippen molar-refractivity contribution in [1.82, 2.24) is 15.0 Å². The summed E-state index contributed by atoms with van der Waals surface area (Å²) in [6.45, 7) is 2.10. The van der Waals surface area contributed by atoms with Crippen molar-refractivity contribution in [2.45, 2.75) is 19.6 Å². The van der Waals surface area contributed by atoms with E-state index in [1.807, 2.05) is 4.68 Å². The number of benzene rings is 2. The van der Waals surface area contributed by atoms with Crippen LogP contribution in [0.4, 0.5) is 0 Å². The smallest absolute Gasteiger partial charge is 0.0824 e. The summed E-state index contributed by atoms with van der Waals surface area (Å²) in [4.78, 5) is 0. The predicted octanol–water partition coefficient (Wildman–Crippen LogP) is 2.93. The maximum absolute atomic E-state index is 4.26. The third kappa shape index (κ3) is 3.37. The first-order valence-electron chi connectivity index (χ1n) is 7.13. The summed E-state index contributed by atoms with van der Waals surface area (Å²) in [5.41, 5.74) is 1.05. The van der Waals surface area contributed by atoms with Crippen molar-refractivity contribution in [2.75, 3.05) is 0 Å². The third-order valence-electron chi connectivity index (χ3n) is 3.37. The highest BCUT2D eigenvalue weighted by molar-refractivity contribution is 7.72. The van der Waals surface area contributed by atoms with Crippen LogP contribution in [0.2, 0.25) is 0 Å². The molecule has 3 rings (SSSR count). The summed E-state index contributed by atoms with van der Waals surface area (Å²) in [5.74, 6) is 0. The number of rotatable bonds is 5. The molecule has 21 heavy (non-hydrogen) atoms. The molecule has 0 atom stereocenters. The van der Waals surface area contributed by atoms with Crippen molar-refractivity contribution in [3.8, 4) is 0 Å². The molecular formula is C17H18N3P. The Bertz CT molecular complexity index is 640. The number of aryl methyl sites for hydroxylation is 1. The lowest BCUT2D eigenvalue weighted by Crippen LogP contribution is -2.15. The van der Waals surface area contributed by atoms with E-state index in [1.165, 1.54) is 10.6 Å². The molecule has 3 aromatic rings. The van der Waals surface area contributed by atoms with Crippen molar-refractivity contribution in [3.05, 3.63) is 72.6 Å². The molecule has 0 aliphatic heterocycles. The normalized spacial score (nSPS) is 11.0. The Kier molecular flexibility index (Phi) is 4.42. The number of hydrogen-bond acceptors (Lipinski definition) is 2. The van der Waals surface area contributed by atoms with Gasteiger partial charge >= 0.3 is 0 Å². The van der Waals surface area contributed by atoms with Crippen LogP contribution in [0, 0.1) is 0 Å². The minimum Gasteiger partial charge on any atom is -0.247 e. The summed E-state index contributed by atoms with van der Waals surface area (Å²) in [7, 11) is -0.458. The van der Waals surface area contributed by atoms with Crippen molar-refractivity contribution in [2.24, 2.45) is 0 Å². The number of hydrogen-bond donors (Lipinski definition) is 0. The zero-order chi connectivity index (χ0) is 14.5. The van der Waals surface area contributed by atoms with E-state index in [0.29, 0.717) is 0 Å². The molecule has 3 nitrogen and oxygen atoms in total. The highest BCUT2D eigenvalue weighted by Gasteiger charge is 2.14. The van der Waals surface area contributed by atoms with E-state index >= 15 is 0 Å². The molecule has 106 valence electrons. The number of nitrogens with zero attached hydrogens (tertiary/aromatic N) is 3. The fourth-order valence-corrected chi connectivity index (χ4v) is 4.36. The van der Waals surface area contributed by atoms with Gasteiger partial charge in [0.25, 0.3) is 0 Å². The molecule has 0 aliphatic carbocycles. The van der Waals surface area contributed by atoms with Crippen molar-refractivity contribution >= 4 is 18.5 Å². The molecule has 0 amide bonds. The minimum atomic E-state index is -0.458. The summed E-state index contributed by atoms with van der Waals surface area (Å²) in [5, 5.41) is 11.2. The van der Waals surface area contributed by atoms with Crippen LogP contribution >= 0.6 is 7.92 Å². The van der Waals surface area contributed by atoms with Crippen LogP contribution in [-0.4, -0.2) is 15.0 Å². The second kappa shape index (κ2) is 6.64. The van der Waals surface area contributed by atoms with Gasteiger partial charge in [-0.15, -0.1) is 5.10 Å². The lowest BCUT2D eigenvalue weighted by atomic mass is 10.4. The summed E-state index contributed by atoms with van der Waals surface area (Å²) >= 11 is 0. The molecule has 0 aliphatic rings. The van der Waals surface area contributed by atoms with Crippen LogP contribution < -0.4 is 10.6 Å². The first-order chi connectivity index (χ1) is 10.4. The maximum Gasteiger partial charge on any atom is 0.0824 e. The van der Waals surface area contributed by atoms with Gasteiger partial charge in [-0.1, -0.05) is 72.8 Å². The Hall–Kier alpha value is -1.99.